The van der Waals surface area contributed by atoms with E-state index >= 15 is 0 Å². The molecule has 0 aromatic heterocycles. The molecule has 0 aliphatic heterocycles. The number of rotatable bonds is 22. The van der Waals surface area contributed by atoms with Gasteiger partial charge in [-0.15, -0.1) is 0 Å². The number of aliphatic hydroxyl groups excluding tert-OH is 1. The minimum atomic E-state index is 0. The largest absolute Gasteiger partial charge is 1.00 e. The molecule has 0 amide bonds. The van der Waals surface area contributed by atoms with E-state index in [2.05, 4.69) is 20.9 Å². The van der Waals surface area contributed by atoms with E-state index in [1.807, 2.05) is 0 Å². The normalized spacial score (nSPS) is 11.6. The van der Waals surface area contributed by atoms with Crippen molar-refractivity contribution in [2.75, 3.05) is 33.3 Å². The first-order valence-corrected chi connectivity index (χ1v) is 12.6. The molecule has 0 heterocycles. The van der Waals surface area contributed by atoms with E-state index < -0.39 is 0 Å². The van der Waals surface area contributed by atoms with Gasteiger partial charge >= 0.3 is 0 Å². The Morgan fingerprint density at radius 1 is 0.464 bits per heavy atom. The molecule has 0 fully saturated rings. The van der Waals surface area contributed by atoms with Crippen molar-refractivity contribution in [1.29, 1.82) is 0 Å². The summed E-state index contributed by atoms with van der Waals surface area (Å²) in [4.78, 5) is 0. The van der Waals surface area contributed by atoms with Gasteiger partial charge in [0.1, 0.15) is 6.54 Å². The number of unbranched alkanes of at least 4 members (excludes halogenated alkanes) is 16. The Labute approximate surface area is 195 Å². The van der Waals surface area contributed by atoms with Gasteiger partial charge in [0.25, 0.3) is 0 Å². The van der Waals surface area contributed by atoms with E-state index in [1.54, 1.807) is 0 Å². The molecule has 0 aromatic rings. The number of hydrogen-bond donors (Lipinski definition) is 1. The van der Waals surface area contributed by atoms with Gasteiger partial charge in [-0.1, -0.05) is 104 Å². The molecule has 0 saturated carbocycles. The predicted molar refractivity (Wildman–Crippen MR) is 122 cm³/mol. The summed E-state index contributed by atoms with van der Waals surface area (Å²) < 4.78 is 1.09. The van der Waals surface area contributed by atoms with E-state index in [9.17, 15) is 5.11 Å². The fourth-order valence-corrected chi connectivity index (χ4v) is 4.19. The van der Waals surface area contributed by atoms with E-state index in [-0.39, 0.29) is 24.0 Å². The molecule has 0 aliphatic rings. The van der Waals surface area contributed by atoms with Crippen molar-refractivity contribution in [2.24, 2.45) is 0 Å². The molecule has 1 N–H and O–H groups in total. The van der Waals surface area contributed by atoms with Crippen LogP contribution in [-0.4, -0.2) is 42.9 Å². The number of halogens is 1. The van der Waals surface area contributed by atoms with Crippen LogP contribution in [0.1, 0.15) is 129 Å². The van der Waals surface area contributed by atoms with Crippen molar-refractivity contribution in [3.8, 4) is 0 Å². The highest BCUT2D eigenvalue weighted by Crippen LogP contribution is 2.15. The van der Waals surface area contributed by atoms with Crippen LogP contribution in [0.4, 0.5) is 0 Å². The highest BCUT2D eigenvalue weighted by Gasteiger charge is 2.19. The lowest BCUT2D eigenvalue weighted by molar-refractivity contribution is -0.910. The minimum Gasteiger partial charge on any atom is -1.00 e. The summed E-state index contributed by atoms with van der Waals surface area (Å²) in [6, 6.07) is 0. The van der Waals surface area contributed by atoms with Crippen molar-refractivity contribution in [2.45, 2.75) is 129 Å². The van der Waals surface area contributed by atoms with E-state index in [4.69, 9.17) is 0 Å². The molecule has 2 nitrogen and oxygen atoms in total. The molecule has 0 radical (unpaired) electrons. The molecule has 0 rings (SSSR count). The topological polar surface area (TPSA) is 20.2 Å². The third-order valence-electron chi connectivity index (χ3n) is 6.24. The first-order chi connectivity index (χ1) is 13.2. The van der Waals surface area contributed by atoms with Gasteiger partial charge < -0.3 is 33.6 Å². The van der Waals surface area contributed by atoms with Crippen LogP contribution in [-0.2, 0) is 0 Å². The van der Waals surface area contributed by atoms with Crippen molar-refractivity contribution in [3.63, 3.8) is 0 Å². The number of quaternary nitrogens is 1. The molecule has 172 valence electrons. The van der Waals surface area contributed by atoms with Crippen LogP contribution >= 0.6 is 0 Å². The van der Waals surface area contributed by atoms with Gasteiger partial charge in [0.05, 0.1) is 26.7 Å². The number of likely N-dealkylation sites (N-methyl/N-ethyl adjacent to an activating group) is 1. The fraction of sp³-hybridized carbons (Fsp3) is 1.00. The fourth-order valence-electron chi connectivity index (χ4n) is 4.19. The standard InChI is InChI=1S/C25H54NO.HI/c1-4-6-8-10-12-14-16-18-20-22-26(3,24-25-27)23-21-19-17-15-13-11-9-7-5-2;/h27H,4-25H2,1-3H3;1H/q+1;/p-1. The van der Waals surface area contributed by atoms with E-state index in [1.165, 1.54) is 129 Å². The van der Waals surface area contributed by atoms with Gasteiger partial charge in [-0.3, -0.25) is 0 Å². The lowest BCUT2D eigenvalue weighted by atomic mass is 10.1. The molecule has 0 bridgehead atoms. The molecule has 0 aliphatic carbocycles. The second kappa shape index (κ2) is 23.9. The second-order valence-electron chi connectivity index (χ2n) is 9.17. The lowest BCUT2D eigenvalue weighted by Gasteiger charge is -2.34. The smallest absolute Gasteiger partial charge is 0.102 e. The summed E-state index contributed by atoms with van der Waals surface area (Å²) >= 11 is 0. The summed E-state index contributed by atoms with van der Waals surface area (Å²) in [5.41, 5.74) is 0. The quantitative estimate of drug-likeness (QED) is 0.129. The molecular weight excluding hydrogens is 457 g/mol. The Bertz CT molecular complexity index is 264. The Morgan fingerprint density at radius 3 is 1.04 bits per heavy atom. The van der Waals surface area contributed by atoms with E-state index in [0.717, 1.165) is 11.0 Å². The SMILES string of the molecule is CCCCCCCCCCC[N+](C)(CCO)CCCCCCCCCCC.[I-]. The molecule has 0 unspecified atom stereocenters. The second-order valence-corrected chi connectivity index (χ2v) is 9.17. The van der Waals surface area contributed by atoms with Crippen molar-refractivity contribution in [1.82, 2.24) is 0 Å². The number of nitrogens with zero attached hydrogens (tertiary/aromatic N) is 1. The van der Waals surface area contributed by atoms with Gasteiger partial charge in [0.15, 0.2) is 0 Å². The number of aliphatic hydroxyl groups is 1. The first kappa shape index (κ1) is 30.8. The zero-order chi connectivity index (χ0) is 20.1. The van der Waals surface area contributed by atoms with Crippen molar-refractivity contribution >= 4 is 0 Å². The summed E-state index contributed by atoms with van der Waals surface area (Å²) in [6.45, 7) is 8.37. The zero-order valence-electron chi connectivity index (χ0n) is 19.8. The van der Waals surface area contributed by atoms with Crippen LogP contribution in [0.25, 0.3) is 0 Å². The third-order valence-corrected chi connectivity index (χ3v) is 6.24. The third kappa shape index (κ3) is 21.4. The molecule has 0 atom stereocenters. The summed E-state index contributed by atoms with van der Waals surface area (Å²) in [7, 11) is 2.37. The Kier molecular flexibility index (Phi) is 26.4. The molecule has 28 heavy (non-hydrogen) atoms. The maximum absolute atomic E-state index is 9.47. The lowest BCUT2D eigenvalue weighted by Crippen LogP contribution is -3.00. The Hall–Kier alpha value is 0.650. The minimum absolute atomic E-state index is 0. The maximum atomic E-state index is 9.47. The van der Waals surface area contributed by atoms with Gasteiger partial charge in [-0.05, 0) is 25.7 Å². The van der Waals surface area contributed by atoms with Crippen LogP contribution in [0, 0.1) is 0 Å². The average Bonchev–Trinajstić information content (AvgIpc) is 2.66. The monoisotopic (exact) mass is 511 g/mol. The highest BCUT2D eigenvalue weighted by molar-refractivity contribution is 4.50. The van der Waals surface area contributed by atoms with Crippen molar-refractivity contribution < 1.29 is 33.6 Å². The summed E-state index contributed by atoms with van der Waals surface area (Å²) in [6.07, 6.45) is 25.2. The van der Waals surface area contributed by atoms with Crippen LogP contribution in [0.3, 0.4) is 0 Å². The highest BCUT2D eigenvalue weighted by atomic mass is 127. The Morgan fingerprint density at radius 2 is 0.750 bits per heavy atom. The zero-order valence-corrected chi connectivity index (χ0v) is 22.0. The van der Waals surface area contributed by atoms with Gasteiger partial charge in [-0.2, -0.15) is 0 Å². The maximum Gasteiger partial charge on any atom is 0.102 e. The molecule has 0 spiro atoms. The molecular formula is C25H54INO. The van der Waals surface area contributed by atoms with Gasteiger partial charge in [0, 0.05) is 0 Å². The molecule has 3 heteroatoms. The van der Waals surface area contributed by atoms with Crippen LogP contribution < -0.4 is 24.0 Å². The van der Waals surface area contributed by atoms with Crippen LogP contribution in [0.5, 0.6) is 0 Å². The molecule has 0 saturated heterocycles. The van der Waals surface area contributed by atoms with E-state index in [0.29, 0.717) is 6.61 Å². The van der Waals surface area contributed by atoms with Crippen molar-refractivity contribution in [3.05, 3.63) is 0 Å². The van der Waals surface area contributed by atoms with Crippen LogP contribution in [0.2, 0.25) is 0 Å². The number of hydrogen-bond acceptors (Lipinski definition) is 1. The molecule has 0 aromatic carbocycles. The van der Waals surface area contributed by atoms with Crippen LogP contribution in [0.15, 0.2) is 0 Å². The summed E-state index contributed by atoms with van der Waals surface area (Å²) in [5.74, 6) is 0. The predicted octanol–water partition coefficient (Wildman–Crippen LogP) is 4.49. The van der Waals surface area contributed by atoms with Gasteiger partial charge in [-0.25, -0.2) is 0 Å². The first-order valence-electron chi connectivity index (χ1n) is 12.6. The average molecular weight is 512 g/mol. The summed E-state index contributed by atoms with van der Waals surface area (Å²) in [5, 5.41) is 9.47. The van der Waals surface area contributed by atoms with Gasteiger partial charge in [0.2, 0.25) is 0 Å². The Balaban J connectivity index is 0.